The Kier molecular flexibility index (Phi) is 31.1. The third kappa shape index (κ3) is 22.7. The van der Waals surface area contributed by atoms with E-state index < -0.39 is 17.9 Å². The Morgan fingerprint density at radius 2 is 0.849 bits per heavy atom. The number of phenols is 2. The fraction of sp³-hybridized carbons (Fsp3) is 0.635. The number of benzene rings is 4. The molecule has 0 heterocycles. The zero-order valence-corrected chi connectivity index (χ0v) is 48.2. The minimum Gasteiger partial charge on any atom is -1.00 e. The molecule has 0 aromatic heterocycles. The summed E-state index contributed by atoms with van der Waals surface area (Å²) in [7, 11) is 6.31. The zero-order chi connectivity index (χ0) is 52.0. The smallest absolute Gasteiger partial charge is 0.255 e. The molecule has 0 bridgehead atoms. The molecule has 73 heavy (non-hydrogen) atoms. The van der Waals surface area contributed by atoms with Gasteiger partial charge in [0.25, 0.3) is 11.8 Å². The topological polar surface area (TPSA) is 119 Å². The summed E-state index contributed by atoms with van der Waals surface area (Å²) in [5.41, 5.74) is 0.601. The van der Waals surface area contributed by atoms with Crippen LogP contribution in [0.1, 0.15) is 228 Å². The van der Waals surface area contributed by atoms with Gasteiger partial charge in [-0.2, -0.15) is 0 Å². The molecule has 0 spiro atoms. The van der Waals surface area contributed by atoms with Crippen LogP contribution in [0.25, 0.3) is 32.7 Å². The quantitative estimate of drug-likeness (QED) is 0.0262. The third-order valence-corrected chi connectivity index (χ3v) is 14.7. The van der Waals surface area contributed by atoms with Crippen molar-refractivity contribution in [3.63, 3.8) is 0 Å². The number of carbonyl (C=O) groups excluding carboxylic acids is 3. The van der Waals surface area contributed by atoms with Crippen molar-refractivity contribution in [2.24, 2.45) is 0 Å². The molecule has 0 aliphatic heterocycles. The number of hydrogen-bond acceptors (Lipinski definition) is 5. The van der Waals surface area contributed by atoms with Crippen molar-refractivity contribution in [2.75, 3.05) is 47.3 Å². The number of phenolic OH excluding ortho intramolecular Hbond substituents is 2. The average molecular weight is 1070 g/mol. The van der Waals surface area contributed by atoms with Crippen LogP contribution in [-0.4, -0.2) is 90.7 Å². The van der Waals surface area contributed by atoms with Crippen molar-refractivity contribution < 1.29 is 46.1 Å². The number of fused-ring (bicyclic) bond motifs is 2. The van der Waals surface area contributed by atoms with E-state index in [1.54, 1.807) is 19.1 Å². The number of aromatic hydroxyl groups is 2. The molecular formula is C63H99BrN4O5. The van der Waals surface area contributed by atoms with E-state index in [2.05, 4.69) is 45.6 Å². The fourth-order valence-corrected chi connectivity index (χ4v) is 10.3. The van der Waals surface area contributed by atoms with Crippen LogP contribution >= 0.6 is 0 Å². The molecule has 4 N–H and O–H groups in total. The van der Waals surface area contributed by atoms with Gasteiger partial charge in [0.15, 0.2) is 0 Å². The number of unbranched alkanes of at least 4 members (excludes halogenated alkanes) is 26. The summed E-state index contributed by atoms with van der Waals surface area (Å²) in [6, 6.07) is 17.3. The Balaban J connectivity index is 0.0000141. The highest BCUT2D eigenvalue weighted by molar-refractivity contribution is 6.16. The molecule has 0 saturated heterocycles. The summed E-state index contributed by atoms with van der Waals surface area (Å²) >= 11 is 0. The molecule has 9 nitrogen and oxygen atoms in total. The summed E-state index contributed by atoms with van der Waals surface area (Å²) < 4.78 is 0.766. The molecule has 0 radical (unpaired) electrons. The average Bonchev–Trinajstić information content (AvgIpc) is 3.36. The van der Waals surface area contributed by atoms with Crippen LogP contribution < -0.4 is 27.6 Å². The lowest BCUT2D eigenvalue weighted by molar-refractivity contribution is -0.870. The number of rotatable bonds is 39. The lowest BCUT2D eigenvalue weighted by Gasteiger charge is -2.27. The van der Waals surface area contributed by atoms with Crippen LogP contribution in [0, 0.1) is 0 Å². The maximum atomic E-state index is 14.4. The minimum absolute atomic E-state index is 0. The first-order valence-corrected chi connectivity index (χ1v) is 29.1. The van der Waals surface area contributed by atoms with Gasteiger partial charge >= 0.3 is 0 Å². The van der Waals surface area contributed by atoms with E-state index in [1.807, 2.05) is 53.4 Å². The summed E-state index contributed by atoms with van der Waals surface area (Å²) in [5.74, 6) is -1.71. The summed E-state index contributed by atoms with van der Waals surface area (Å²) in [6.07, 6.45) is 36.5. The van der Waals surface area contributed by atoms with Crippen LogP contribution in [-0.2, 0) is 4.79 Å². The van der Waals surface area contributed by atoms with E-state index in [0.29, 0.717) is 41.2 Å². The number of amides is 3. The van der Waals surface area contributed by atoms with Gasteiger partial charge < -0.3 is 47.2 Å². The maximum Gasteiger partial charge on any atom is 0.255 e. The van der Waals surface area contributed by atoms with Crippen molar-refractivity contribution in [3.05, 3.63) is 71.8 Å². The predicted molar refractivity (Wildman–Crippen MR) is 304 cm³/mol. The number of nitrogens with zero attached hydrogens (tertiary/aromatic N) is 2. The van der Waals surface area contributed by atoms with Gasteiger partial charge in [-0.1, -0.05) is 229 Å². The van der Waals surface area contributed by atoms with Crippen molar-refractivity contribution >= 4 is 39.3 Å². The zero-order valence-electron chi connectivity index (χ0n) is 46.6. The largest absolute Gasteiger partial charge is 1.00 e. The highest BCUT2D eigenvalue weighted by Crippen LogP contribution is 2.47. The molecular weight excluding hydrogens is 973 g/mol. The van der Waals surface area contributed by atoms with E-state index in [-0.39, 0.29) is 56.6 Å². The lowest BCUT2D eigenvalue weighted by atomic mass is 9.88. The Morgan fingerprint density at radius 1 is 0.507 bits per heavy atom. The van der Waals surface area contributed by atoms with Crippen molar-refractivity contribution in [1.29, 1.82) is 0 Å². The Hall–Kier alpha value is -4.15. The monoisotopic (exact) mass is 1070 g/mol. The first-order chi connectivity index (χ1) is 34.9. The molecule has 0 aliphatic carbocycles. The van der Waals surface area contributed by atoms with E-state index in [4.69, 9.17) is 0 Å². The van der Waals surface area contributed by atoms with Gasteiger partial charge in [0, 0.05) is 37.2 Å². The molecule has 0 unspecified atom stereocenters. The molecule has 4 rings (SSSR count). The van der Waals surface area contributed by atoms with Crippen LogP contribution in [0.2, 0.25) is 0 Å². The van der Waals surface area contributed by atoms with Crippen LogP contribution in [0.15, 0.2) is 60.7 Å². The van der Waals surface area contributed by atoms with Gasteiger partial charge in [-0.3, -0.25) is 14.4 Å². The van der Waals surface area contributed by atoms with Gasteiger partial charge in [-0.05, 0) is 53.4 Å². The van der Waals surface area contributed by atoms with Crippen molar-refractivity contribution in [1.82, 2.24) is 15.5 Å². The second kappa shape index (κ2) is 35.9. The molecule has 408 valence electrons. The highest BCUT2D eigenvalue weighted by Gasteiger charge is 2.28. The molecule has 3 amide bonds. The summed E-state index contributed by atoms with van der Waals surface area (Å²) in [5, 5.41) is 32.9. The molecule has 4 aromatic carbocycles. The molecule has 1 atom stereocenters. The Morgan fingerprint density at radius 3 is 1.22 bits per heavy atom. The van der Waals surface area contributed by atoms with Crippen molar-refractivity contribution in [3.8, 4) is 22.6 Å². The Labute approximate surface area is 453 Å². The van der Waals surface area contributed by atoms with Crippen LogP contribution in [0.3, 0.4) is 0 Å². The summed E-state index contributed by atoms with van der Waals surface area (Å²) in [4.78, 5) is 44.4. The lowest BCUT2D eigenvalue weighted by Crippen LogP contribution is -3.00. The first-order valence-electron chi connectivity index (χ1n) is 29.1. The van der Waals surface area contributed by atoms with Gasteiger partial charge in [0.2, 0.25) is 5.91 Å². The number of quaternary nitrogens is 1. The predicted octanol–water partition coefficient (Wildman–Crippen LogP) is 12.8. The van der Waals surface area contributed by atoms with Gasteiger partial charge in [0.05, 0.1) is 38.8 Å². The fourth-order valence-electron chi connectivity index (χ4n) is 10.3. The van der Waals surface area contributed by atoms with Crippen LogP contribution in [0.5, 0.6) is 11.5 Å². The molecule has 10 heteroatoms. The Bertz CT molecular complexity index is 2170. The van der Waals surface area contributed by atoms with Gasteiger partial charge in [-0.25, -0.2) is 0 Å². The second-order valence-electron chi connectivity index (χ2n) is 22.1. The third-order valence-electron chi connectivity index (χ3n) is 14.7. The van der Waals surface area contributed by atoms with Crippen molar-refractivity contribution in [2.45, 2.75) is 213 Å². The van der Waals surface area contributed by atoms with E-state index in [0.717, 1.165) is 43.1 Å². The van der Waals surface area contributed by atoms with Gasteiger partial charge in [0.1, 0.15) is 17.5 Å². The summed E-state index contributed by atoms with van der Waals surface area (Å²) in [6.45, 7) is 8.91. The maximum absolute atomic E-state index is 14.4. The first kappa shape index (κ1) is 63.1. The SMILES string of the molecule is CCCCCCCCCCCCCCCCN(CCCCCCCCCCCCCCCC)C(=O)[C@H](C)NC(=O)c1cc2ccccc2c(-c2c(O)c(C(=O)NCCC[N+](C)(C)C)cc3ccccc23)c1O.[Br-]. The van der Waals surface area contributed by atoms with Crippen LogP contribution in [0.4, 0.5) is 0 Å². The second-order valence-corrected chi connectivity index (χ2v) is 22.1. The van der Waals surface area contributed by atoms with E-state index in [1.165, 1.54) is 154 Å². The van der Waals surface area contributed by atoms with E-state index in [9.17, 15) is 24.6 Å². The highest BCUT2D eigenvalue weighted by atomic mass is 79.9. The number of halogens is 1. The molecule has 0 aliphatic rings. The minimum atomic E-state index is -0.830. The number of nitrogens with one attached hydrogen (secondary N) is 2. The normalized spacial score (nSPS) is 12.0. The van der Waals surface area contributed by atoms with E-state index >= 15 is 0 Å². The standard InChI is InChI=1S/C63H98N4O5.BrH/c1-7-9-11-13-15-17-19-21-23-25-27-29-31-37-45-66(46-38-32-30-28-26-24-22-20-18-16-14-12-10-8-2)63(72)50(3)65-62(71)56-49-52-41-34-36-43-54(52)58(60(56)69)57-53-42-35-33-40-51(53)48-55(59(57)68)61(70)64-44-39-47-67(4,5)6;/h33-36,40-43,48-50H,7-32,37-39,44-47H2,1-6H3,(H3-,64,65,68,69,70,71);1H/t50-;/m0./s1. The number of carbonyl (C=O) groups is 3. The molecule has 4 aromatic rings. The molecule has 0 saturated carbocycles. The molecule has 0 fully saturated rings. The number of hydrogen-bond donors (Lipinski definition) is 4. The van der Waals surface area contributed by atoms with Gasteiger partial charge in [-0.15, -0.1) is 0 Å².